The normalized spacial score (nSPS) is 17.7. The maximum atomic E-state index is 13.8. The van der Waals surface area contributed by atoms with Crippen LogP contribution in [0.2, 0.25) is 0 Å². The zero-order chi connectivity index (χ0) is 21.6. The van der Waals surface area contributed by atoms with Gasteiger partial charge in [0, 0.05) is 24.7 Å². The van der Waals surface area contributed by atoms with Crippen molar-refractivity contribution in [3.63, 3.8) is 0 Å². The molecule has 0 radical (unpaired) electrons. The third-order valence-corrected chi connectivity index (χ3v) is 6.45. The van der Waals surface area contributed by atoms with Crippen LogP contribution in [0.25, 0.3) is 11.1 Å². The molecule has 1 amide bonds. The third kappa shape index (κ3) is 3.68. The van der Waals surface area contributed by atoms with Crippen molar-refractivity contribution in [2.45, 2.75) is 52.1 Å². The summed E-state index contributed by atoms with van der Waals surface area (Å²) in [6, 6.07) is 1.07. The van der Waals surface area contributed by atoms with E-state index in [1.54, 1.807) is 18.7 Å². The van der Waals surface area contributed by atoms with Gasteiger partial charge in [-0.15, -0.1) is 11.3 Å². The third-order valence-electron chi connectivity index (χ3n) is 5.39. The molecule has 0 spiro atoms. The summed E-state index contributed by atoms with van der Waals surface area (Å²) >= 11 is 1.33. The van der Waals surface area contributed by atoms with Crippen molar-refractivity contribution in [1.82, 2.24) is 20.0 Å². The van der Waals surface area contributed by atoms with E-state index in [2.05, 4.69) is 15.1 Å². The fourth-order valence-corrected chi connectivity index (χ4v) is 4.85. The van der Waals surface area contributed by atoms with Gasteiger partial charge in [0.2, 0.25) is 0 Å². The van der Waals surface area contributed by atoms with Gasteiger partial charge in [-0.1, -0.05) is 12.1 Å². The molecule has 1 atom stereocenters. The Hall–Kier alpha value is -2.49. The van der Waals surface area contributed by atoms with E-state index in [0.29, 0.717) is 42.1 Å². The molecule has 0 N–H and O–H groups in total. The van der Waals surface area contributed by atoms with Crippen LogP contribution in [-0.4, -0.2) is 39.0 Å². The van der Waals surface area contributed by atoms with Crippen molar-refractivity contribution >= 4 is 28.3 Å². The van der Waals surface area contributed by atoms with Crippen molar-refractivity contribution in [2.75, 3.05) is 13.1 Å². The number of fused-ring (bicyclic) bond motifs is 1. The van der Waals surface area contributed by atoms with Crippen LogP contribution in [0, 0.1) is 13.8 Å². The fourth-order valence-electron chi connectivity index (χ4n) is 3.97. The Morgan fingerprint density at radius 1 is 1.33 bits per heavy atom. The number of likely N-dealkylation sites (tertiary alicyclic amines) is 1. The lowest BCUT2D eigenvalue weighted by Gasteiger charge is -2.32. The summed E-state index contributed by atoms with van der Waals surface area (Å²) in [5.74, 6) is -0.494. The van der Waals surface area contributed by atoms with Gasteiger partial charge in [-0.25, -0.2) is 9.97 Å². The monoisotopic (exact) mass is 438 g/mol. The second-order valence-corrected chi connectivity index (χ2v) is 8.70. The van der Waals surface area contributed by atoms with E-state index >= 15 is 0 Å². The van der Waals surface area contributed by atoms with Gasteiger partial charge in [0.1, 0.15) is 4.88 Å². The highest BCUT2D eigenvalue weighted by atomic mass is 32.1. The molecule has 1 aliphatic heterocycles. The molecular weight excluding hydrogens is 417 g/mol. The number of pyridine rings is 1. The average molecular weight is 438 g/mol. The zero-order valence-corrected chi connectivity index (χ0v) is 17.7. The Kier molecular flexibility index (Phi) is 5.29. The second kappa shape index (κ2) is 7.64. The number of aromatic nitrogens is 3. The molecule has 0 bridgehead atoms. The summed E-state index contributed by atoms with van der Waals surface area (Å²) in [6.45, 7) is 6.19. The van der Waals surface area contributed by atoms with E-state index in [0.717, 1.165) is 11.1 Å². The smallest absolute Gasteiger partial charge is 0.337 e. The van der Waals surface area contributed by atoms with Crippen LogP contribution in [0.1, 0.15) is 63.0 Å². The van der Waals surface area contributed by atoms with Gasteiger partial charge in [0.25, 0.3) is 11.6 Å². The predicted molar refractivity (Wildman–Crippen MR) is 106 cm³/mol. The molecule has 3 aromatic heterocycles. The highest BCUT2D eigenvalue weighted by molar-refractivity contribution is 7.13. The topological polar surface area (TPSA) is 72.1 Å². The minimum absolute atomic E-state index is 0.0937. The lowest BCUT2D eigenvalue weighted by Crippen LogP contribution is -2.39. The molecule has 1 aliphatic rings. The standard InChI is InChI=1S/C20H21F3N4O2S/c1-4-13-8-14(20(21,22)23)15-16(26-29-18(15)25-13)12-6-5-7-27(9-12)19(28)17-10(2)24-11(3)30-17/h8,12H,4-7,9H2,1-3H3. The molecule has 0 aliphatic carbocycles. The van der Waals surface area contributed by atoms with Crippen molar-refractivity contribution in [2.24, 2.45) is 0 Å². The molecule has 1 saturated heterocycles. The summed E-state index contributed by atoms with van der Waals surface area (Å²) in [7, 11) is 0. The van der Waals surface area contributed by atoms with Crippen molar-refractivity contribution in [1.29, 1.82) is 0 Å². The number of halogens is 3. The molecule has 10 heteroatoms. The van der Waals surface area contributed by atoms with Crippen LogP contribution >= 0.6 is 11.3 Å². The molecular formula is C20H21F3N4O2S. The number of aryl methyl sites for hydroxylation is 3. The van der Waals surface area contributed by atoms with Gasteiger partial charge in [-0.3, -0.25) is 4.79 Å². The van der Waals surface area contributed by atoms with Gasteiger partial charge in [0.05, 0.1) is 27.3 Å². The number of thiazole rings is 1. The summed E-state index contributed by atoms with van der Waals surface area (Å²) in [6.07, 6.45) is -2.90. The molecule has 4 rings (SSSR count). The van der Waals surface area contributed by atoms with Crippen molar-refractivity contribution < 1.29 is 22.5 Å². The number of alkyl halides is 3. The summed E-state index contributed by atoms with van der Waals surface area (Å²) < 4.78 is 46.5. The Morgan fingerprint density at radius 2 is 2.10 bits per heavy atom. The number of nitrogens with zero attached hydrogens (tertiary/aromatic N) is 4. The number of carbonyl (C=O) groups is 1. The summed E-state index contributed by atoms with van der Waals surface area (Å²) in [4.78, 5) is 23.7. The molecule has 30 heavy (non-hydrogen) atoms. The number of amides is 1. The molecule has 1 fully saturated rings. The van der Waals surface area contributed by atoms with Crippen molar-refractivity contribution in [3.05, 3.63) is 38.6 Å². The molecule has 0 aromatic carbocycles. The summed E-state index contributed by atoms with van der Waals surface area (Å²) in [5.41, 5.74) is 0.315. The van der Waals surface area contributed by atoms with E-state index in [1.165, 1.54) is 11.3 Å². The number of hydrogen-bond acceptors (Lipinski definition) is 6. The second-order valence-electron chi connectivity index (χ2n) is 7.50. The van der Waals surface area contributed by atoms with Gasteiger partial charge < -0.3 is 9.42 Å². The molecule has 4 heterocycles. The summed E-state index contributed by atoms with van der Waals surface area (Å²) in [5, 5.41) is 4.68. The average Bonchev–Trinajstić information content (AvgIpc) is 3.28. The quantitative estimate of drug-likeness (QED) is 0.582. The first-order valence-corrected chi connectivity index (χ1v) is 10.6. The Balaban J connectivity index is 1.70. The van der Waals surface area contributed by atoms with Gasteiger partial charge in [-0.2, -0.15) is 13.2 Å². The molecule has 3 aromatic rings. The first-order chi connectivity index (χ1) is 14.2. The van der Waals surface area contributed by atoms with E-state index in [-0.39, 0.29) is 35.2 Å². The minimum atomic E-state index is -4.55. The molecule has 1 unspecified atom stereocenters. The number of piperidine rings is 1. The van der Waals surface area contributed by atoms with Gasteiger partial charge in [0.15, 0.2) is 0 Å². The predicted octanol–water partition coefficient (Wildman–Crippen LogP) is 4.90. The van der Waals surface area contributed by atoms with Crippen LogP contribution in [0.3, 0.4) is 0 Å². The Bertz CT molecular complexity index is 1110. The first-order valence-electron chi connectivity index (χ1n) is 9.78. The van der Waals surface area contributed by atoms with Gasteiger partial charge in [-0.05, 0) is 39.2 Å². The maximum Gasteiger partial charge on any atom is 0.417 e. The van der Waals surface area contributed by atoms with E-state index in [9.17, 15) is 18.0 Å². The molecule has 160 valence electrons. The molecule has 6 nitrogen and oxygen atoms in total. The maximum absolute atomic E-state index is 13.8. The van der Waals surface area contributed by atoms with Crippen LogP contribution in [0.15, 0.2) is 10.6 Å². The highest BCUT2D eigenvalue weighted by Crippen LogP contribution is 2.40. The fraction of sp³-hybridized carbons (Fsp3) is 0.500. The van der Waals surface area contributed by atoms with Crippen LogP contribution in [0.5, 0.6) is 0 Å². The minimum Gasteiger partial charge on any atom is -0.337 e. The first kappa shape index (κ1) is 20.8. The zero-order valence-electron chi connectivity index (χ0n) is 16.8. The number of carbonyl (C=O) groups excluding carboxylic acids is 1. The lowest BCUT2D eigenvalue weighted by molar-refractivity contribution is -0.136. The largest absolute Gasteiger partial charge is 0.417 e. The highest BCUT2D eigenvalue weighted by Gasteiger charge is 2.38. The number of rotatable bonds is 3. The van der Waals surface area contributed by atoms with Crippen molar-refractivity contribution in [3.8, 4) is 0 Å². The SMILES string of the molecule is CCc1cc(C(F)(F)F)c2c(C3CCCN(C(=O)c4sc(C)nc4C)C3)noc2n1. The molecule has 0 saturated carbocycles. The lowest BCUT2D eigenvalue weighted by atomic mass is 9.91. The van der Waals surface area contributed by atoms with E-state index in [4.69, 9.17) is 4.52 Å². The van der Waals surface area contributed by atoms with Crippen LogP contribution in [-0.2, 0) is 12.6 Å². The van der Waals surface area contributed by atoms with Crippen LogP contribution < -0.4 is 0 Å². The van der Waals surface area contributed by atoms with Gasteiger partial charge >= 0.3 is 6.18 Å². The van der Waals surface area contributed by atoms with E-state index in [1.807, 2.05) is 6.92 Å². The number of hydrogen-bond donors (Lipinski definition) is 0. The Morgan fingerprint density at radius 3 is 2.73 bits per heavy atom. The Labute approximate surface area is 175 Å². The van der Waals surface area contributed by atoms with E-state index < -0.39 is 11.7 Å². The van der Waals surface area contributed by atoms with Crippen LogP contribution in [0.4, 0.5) is 13.2 Å².